The average molecular weight is 198 g/mol. The van der Waals surface area contributed by atoms with Gasteiger partial charge < -0.3 is 10.2 Å². The number of aliphatic hydroxyl groups excluding tert-OH is 1. The first-order valence-corrected chi connectivity index (χ1v) is 5.19. The van der Waals surface area contributed by atoms with E-state index in [1.54, 1.807) is 0 Å². The number of ketones is 1. The van der Waals surface area contributed by atoms with E-state index in [1.807, 2.05) is 20.8 Å². The second kappa shape index (κ2) is 2.39. The normalized spacial score (nSPS) is 50.1. The van der Waals surface area contributed by atoms with Crippen molar-refractivity contribution in [2.45, 2.75) is 39.2 Å². The molecular formula is C11H18O3. The summed E-state index contributed by atoms with van der Waals surface area (Å²) in [6.45, 7) is 5.53. The van der Waals surface area contributed by atoms with Gasteiger partial charge in [0.15, 0.2) is 5.78 Å². The van der Waals surface area contributed by atoms with Crippen LogP contribution in [0.5, 0.6) is 0 Å². The molecule has 2 N–H and O–H groups in total. The molecule has 3 unspecified atom stereocenters. The summed E-state index contributed by atoms with van der Waals surface area (Å²) in [5, 5.41) is 19.4. The summed E-state index contributed by atoms with van der Waals surface area (Å²) < 4.78 is 0. The van der Waals surface area contributed by atoms with Gasteiger partial charge in [-0.1, -0.05) is 20.8 Å². The molecule has 80 valence electrons. The third-order valence-corrected chi connectivity index (χ3v) is 4.94. The SMILES string of the molecule is CC12CCC(C(O)(CO)C1=O)C2(C)C. The van der Waals surface area contributed by atoms with Gasteiger partial charge in [0.1, 0.15) is 5.60 Å². The van der Waals surface area contributed by atoms with Crippen molar-refractivity contribution in [2.75, 3.05) is 6.61 Å². The molecule has 0 spiro atoms. The van der Waals surface area contributed by atoms with Gasteiger partial charge in [0, 0.05) is 11.3 Å². The van der Waals surface area contributed by atoms with Crippen LogP contribution >= 0.6 is 0 Å². The quantitative estimate of drug-likeness (QED) is 0.653. The zero-order chi connectivity index (χ0) is 10.8. The molecule has 2 aliphatic rings. The third-order valence-electron chi connectivity index (χ3n) is 4.94. The van der Waals surface area contributed by atoms with Crippen LogP contribution in [0, 0.1) is 16.7 Å². The lowest BCUT2D eigenvalue weighted by Crippen LogP contribution is -2.49. The molecule has 0 aromatic rings. The first-order valence-electron chi connectivity index (χ1n) is 5.19. The lowest BCUT2D eigenvalue weighted by Gasteiger charge is -2.31. The van der Waals surface area contributed by atoms with Gasteiger partial charge in [-0.05, 0) is 18.3 Å². The zero-order valence-corrected chi connectivity index (χ0v) is 9.00. The Bertz CT molecular complexity index is 297. The first-order chi connectivity index (χ1) is 6.30. The van der Waals surface area contributed by atoms with Crippen molar-refractivity contribution in [1.82, 2.24) is 0 Å². The maximum Gasteiger partial charge on any atom is 0.173 e. The molecule has 0 aliphatic heterocycles. The van der Waals surface area contributed by atoms with Crippen molar-refractivity contribution in [3.05, 3.63) is 0 Å². The van der Waals surface area contributed by atoms with Gasteiger partial charge in [-0.2, -0.15) is 0 Å². The maximum absolute atomic E-state index is 12.0. The summed E-state index contributed by atoms with van der Waals surface area (Å²) in [6, 6.07) is 0. The highest BCUT2D eigenvalue weighted by atomic mass is 16.3. The van der Waals surface area contributed by atoms with Crippen LogP contribution in [0.25, 0.3) is 0 Å². The van der Waals surface area contributed by atoms with E-state index >= 15 is 0 Å². The maximum atomic E-state index is 12.0. The number of hydrogen-bond donors (Lipinski definition) is 2. The number of hydrogen-bond acceptors (Lipinski definition) is 3. The standard InChI is InChI=1S/C11H18O3/c1-9(2)7-4-5-10(9,3)8(13)11(7,14)6-12/h7,12,14H,4-6H2,1-3H3. The van der Waals surface area contributed by atoms with E-state index in [0.717, 1.165) is 12.8 Å². The molecule has 2 bridgehead atoms. The van der Waals surface area contributed by atoms with Crippen LogP contribution in [0.3, 0.4) is 0 Å². The predicted molar refractivity (Wildman–Crippen MR) is 51.7 cm³/mol. The monoisotopic (exact) mass is 198 g/mol. The highest BCUT2D eigenvalue weighted by molar-refractivity contribution is 5.97. The Kier molecular flexibility index (Phi) is 1.73. The molecule has 0 radical (unpaired) electrons. The predicted octanol–water partition coefficient (Wildman–Crippen LogP) is 0.735. The van der Waals surface area contributed by atoms with Crippen molar-refractivity contribution in [3.63, 3.8) is 0 Å². The minimum Gasteiger partial charge on any atom is -0.393 e. The summed E-state index contributed by atoms with van der Waals surface area (Å²) >= 11 is 0. The number of carbonyl (C=O) groups excluding carboxylic acids is 1. The molecule has 0 heterocycles. The Morgan fingerprint density at radius 3 is 2.29 bits per heavy atom. The largest absolute Gasteiger partial charge is 0.393 e. The van der Waals surface area contributed by atoms with Gasteiger partial charge in [0.2, 0.25) is 0 Å². The summed E-state index contributed by atoms with van der Waals surface area (Å²) in [7, 11) is 0. The summed E-state index contributed by atoms with van der Waals surface area (Å²) in [6.07, 6.45) is 1.68. The average Bonchev–Trinajstić information content (AvgIpc) is 2.41. The highest BCUT2D eigenvalue weighted by Crippen LogP contribution is 2.66. The Hall–Kier alpha value is -0.410. The van der Waals surface area contributed by atoms with E-state index < -0.39 is 17.6 Å². The van der Waals surface area contributed by atoms with Gasteiger partial charge in [-0.3, -0.25) is 4.79 Å². The number of Topliss-reactive ketones (excluding diaryl/α,β-unsaturated/α-hetero) is 1. The van der Waals surface area contributed by atoms with E-state index in [2.05, 4.69) is 0 Å². The van der Waals surface area contributed by atoms with E-state index in [1.165, 1.54) is 0 Å². The van der Waals surface area contributed by atoms with Crippen LogP contribution in [0.2, 0.25) is 0 Å². The number of aliphatic hydroxyl groups is 2. The number of rotatable bonds is 1. The molecule has 0 saturated heterocycles. The van der Waals surface area contributed by atoms with Gasteiger partial charge in [0.25, 0.3) is 0 Å². The van der Waals surface area contributed by atoms with Gasteiger partial charge in [-0.15, -0.1) is 0 Å². The second-order valence-corrected chi connectivity index (χ2v) is 5.56. The Balaban J connectivity index is 2.55. The Morgan fingerprint density at radius 1 is 1.43 bits per heavy atom. The molecular weight excluding hydrogens is 180 g/mol. The van der Waals surface area contributed by atoms with Crippen molar-refractivity contribution in [3.8, 4) is 0 Å². The topological polar surface area (TPSA) is 57.5 Å². The van der Waals surface area contributed by atoms with Crippen LogP contribution in [-0.4, -0.2) is 28.2 Å². The fourth-order valence-electron chi connectivity index (χ4n) is 3.56. The van der Waals surface area contributed by atoms with E-state index in [0.29, 0.717) is 0 Å². The van der Waals surface area contributed by atoms with Crippen LogP contribution in [0.1, 0.15) is 33.6 Å². The molecule has 3 heteroatoms. The lowest BCUT2D eigenvalue weighted by atomic mass is 9.70. The van der Waals surface area contributed by atoms with Crippen LogP contribution in [-0.2, 0) is 4.79 Å². The zero-order valence-electron chi connectivity index (χ0n) is 9.00. The highest BCUT2D eigenvalue weighted by Gasteiger charge is 2.72. The summed E-state index contributed by atoms with van der Waals surface area (Å²) in [5.74, 6) is -0.244. The lowest BCUT2D eigenvalue weighted by molar-refractivity contribution is -0.151. The Morgan fingerprint density at radius 2 is 2.00 bits per heavy atom. The van der Waals surface area contributed by atoms with Crippen molar-refractivity contribution >= 4 is 5.78 Å². The third kappa shape index (κ3) is 0.751. The summed E-state index contributed by atoms with van der Waals surface area (Å²) in [5.41, 5.74) is -2.12. The number of fused-ring (bicyclic) bond motifs is 2. The molecule has 14 heavy (non-hydrogen) atoms. The molecule has 0 aromatic heterocycles. The van der Waals surface area contributed by atoms with Crippen molar-refractivity contribution < 1.29 is 15.0 Å². The van der Waals surface area contributed by atoms with E-state index in [4.69, 9.17) is 0 Å². The van der Waals surface area contributed by atoms with Crippen LogP contribution in [0.15, 0.2) is 0 Å². The minimum atomic E-state index is -1.48. The first kappa shape index (κ1) is 10.1. The van der Waals surface area contributed by atoms with E-state index in [-0.39, 0.29) is 17.1 Å². The molecule has 2 aliphatic carbocycles. The molecule has 2 fully saturated rings. The Labute approximate surface area is 84.1 Å². The summed E-state index contributed by atoms with van der Waals surface area (Å²) in [4.78, 5) is 12.0. The minimum absolute atomic E-state index is 0.0856. The van der Waals surface area contributed by atoms with Crippen molar-refractivity contribution in [2.24, 2.45) is 16.7 Å². The smallest absolute Gasteiger partial charge is 0.173 e. The fourth-order valence-corrected chi connectivity index (χ4v) is 3.56. The molecule has 2 saturated carbocycles. The van der Waals surface area contributed by atoms with E-state index in [9.17, 15) is 15.0 Å². The molecule has 2 rings (SSSR count). The van der Waals surface area contributed by atoms with Crippen molar-refractivity contribution in [1.29, 1.82) is 0 Å². The molecule has 3 nitrogen and oxygen atoms in total. The van der Waals surface area contributed by atoms with Gasteiger partial charge >= 0.3 is 0 Å². The molecule has 3 atom stereocenters. The van der Waals surface area contributed by atoms with Crippen LogP contribution < -0.4 is 0 Å². The fraction of sp³-hybridized carbons (Fsp3) is 0.909. The molecule has 0 aromatic carbocycles. The van der Waals surface area contributed by atoms with Gasteiger partial charge in [-0.25, -0.2) is 0 Å². The van der Waals surface area contributed by atoms with Crippen LogP contribution in [0.4, 0.5) is 0 Å². The molecule has 0 amide bonds. The second-order valence-electron chi connectivity index (χ2n) is 5.56. The number of carbonyl (C=O) groups is 1. The van der Waals surface area contributed by atoms with Gasteiger partial charge in [0.05, 0.1) is 6.61 Å².